The van der Waals surface area contributed by atoms with E-state index in [-0.39, 0.29) is 30.4 Å². The van der Waals surface area contributed by atoms with E-state index in [1.807, 2.05) is 6.92 Å². The maximum atomic E-state index is 12.8. The lowest BCUT2D eigenvalue weighted by Gasteiger charge is -2.08. The van der Waals surface area contributed by atoms with Gasteiger partial charge in [0.25, 0.3) is 11.8 Å². The van der Waals surface area contributed by atoms with Crippen LogP contribution in [-0.2, 0) is 19.8 Å². The molecule has 4 aromatic rings. The summed E-state index contributed by atoms with van der Waals surface area (Å²) in [4.78, 5) is 25.4. The number of nitrogens with zero attached hydrogens (tertiary/aromatic N) is 4. The Morgan fingerprint density at radius 2 is 1.97 bits per heavy atom. The summed E-state index contributed by atoms with van der Waals surface area (Å²) in [6.45, 7) is 2.62. The van der Waals surface area contributed by atoms with E-state index in [9.17, 15) is 9.59 Å². The van der Waals surface area contributed by atoms with Gasteiger partial charge in [-0.15, -0.1) is 0 Å². The molecule has 0 spiro atoms. The number of hydrogen-bond donors (Lipinski definition) is 2. The van der Waals surface area contributed by atoms with Crippen molar-refractivity contribution < 1.29 is 18.7 Å². The highest BCUT2D eigenvalue weighted by Gasteiger charge is 2.20. The fraction of sp³-hybridized carbons (Fsp3) is 0.182. The van der Waals surface area contributed by atoms with Crippen molar-refractivity contribution in [1.29, 1.82) is 0 Å². The van der Waals surface area contributed by atoms with Gasteiger partial charge in [-0.3, -0.25) is 14.3 Å². The van der Waals surface area contributed by atoms with Gasteiger partial charge >= 0.3 is 0 Å². The summed E-state index contributed by atoms with van der Waals surface area (Å²) >= 11 is 12.0. The van der Waals surface area contributed by atoms with Crippen LogP contribution in [0.3, 0.4) is 0 Å². The lowest BCUT2D eigenvalue weighted by molar-refractivity contribution is 0.0943. The topological polar surface area (TPSA) is 116 Å². The Bertz CT molecular complexity index is 1300. The number of ether oxygens (including phenoxy) is 1. The van der Waals surface area contributed by atoms with Crippen LogP contribution < -0.4 is 15.4 Å². The van der Waals surface area contributed by atoms with E-state index in [0.29, 0.717) is 28.1 Å². The van der Waals surface area contributed by atoms with Gasteiger partial charge in [-0.1, -0.05) is 23.2 Å². The van der Waals surface area contributed by atoms with Crippen molar-refractivity contribution in [2.75, 3.05) is 5.32 Å². The molecule has 176 valence electrons. The highest BCUT2D eigenvalue weighted by Crippen LogP contribution is 2.27. The second kappa shape index (κ2) is 10.4. The third-order valence-electron chi connectivity index (χ3n) is 4.67. The summed E-state index contributed by atoms with van der Waals surface area (Å²) in [6, 6.07) is 9.87. The predicted molar refractivity (Wildman–Crippen MR) is 125 cm³/mol. The standard InChI is InChI=1S/C22H20Cl2N6O4/c1-2-29-12-18(20(28-29)22(32)25-11-15-4-3-9-33-15)26-21(31)17-7-8-30(27-17)13-34-19-6-5-14(23)10-16(19)24/h3-10,12H,2,11,13H2,1H3,(H,25,32)(H,26,31). The van der Waals surface area contributed by atoms with Gasteiger partial charge in [-0.25, -0.2) is 4.68 Å². The minimum absolute atomic E-state index is 0.0306. The Morgan fingerprint density at radius 3 is 2.71 bits per heavy atom. The average molecular weight is 503 g/mol. The van der Waals surface area contributed by atoms with Gasteiger partial charge in [0.05, 0.1) is 23.5 Å². The average Bonchev–Trinajstić information content (AvgIpc) is 3.58. The van der Waals surface area contributed by atoms with E-state index < -0.39 is 11.8 Å². The highest BCUT2D eigenvalue weighted by molar-refractivity contribution is 6.35. The van der Waals surface area contributed by atoms with Crippen molar-refractivity contribution in [1.82, 2.24) is 24.9 Å². The van der Waals surface area contributed by atoms with Crippen LogP contribution in [0.1, 0.15) is 33.7 Å². The first kappa shape index (κ1) is 23.4. The SMILES string of the molecule is CCn1cc(NC(=O)c2ccn(COc3ccc(Cl)cc3Cl)n2)c(C(=O)NCc2ccco2)n1. The second-order valence-electron chi connectivity index (χ2n) is 7.05. The minimum atomic E-state index is -0.501. The summed E-state index contributed by atoms with van der Waals surface area (Å²) in [6.07, 6.45) is 4.70. The van der Waals surface area contributed by atoms with Crippen LogP contribution >= 0.6 is 23.2 Å². The van der Waals surface area contributed by atoms with Crippen LogP contribution in [0.5, 0.6) is 5.75 Å². The smallest absolute Gasteiger partial charge is 0.276 e. The fourth-order valence-electron chi connectivity index (χ4n) is 2.98. The summed E-state index contributed by atoms with van der Waals surface area (Å²) in [7, 11) is 0. The lowest BCUT2D eigenvalue weighted by Crippen LogP contribution is -2.25. The number of carbonyl (C=O) groups is 2. The lowest BCUT2D eigenvalue weighted by atomic mass is 10.3. The van der Waals surface area contributed by atoms with Crippen LogP contribution in [0.25, 0.3) is 0 Å². The molecule has 3 aromatic heterocycles. The number of aryl methyl sites for hydroxylation is 1. The number of aromatic nitrogens is 4. The highest BCUT2D eigenvalue weighted by atomic mass is 35.5. The van der Waals surface area contributed by atoms with Crippen molar-refractivity contribution in [2.24, 2.45) is 0 Å². The zero-order chi connectivity index (χ0) is 24.1. The van der Waals surface area contributed by atoms with Crippen LogP contribution in [-0.4, -0.2) is 31.4 Å². The molecule has 0 radical (unpaired) electrons. The van der Waals surface area contributed by atoms with Gasteiger partial charge in [-0.2, -0.15) is 10.2 Å². The van der Waals surface area contributed by atoms with Gasteiger partial charge < -0.3 is 19.8 Å². The van der Waals surface area contributed by atoms with E-state index in [0.717, 1.165) is 0 Å². The number of hydrogen-bond acceptors (Lipinski definition) is 6. The van der Waals surface area contributed by atoms with E-state index in [4.69, 9.17) is 32.4 Å². The number of furan rings is 1. The van der Waals surface area contributed by atoms with Crippen molar-refractivity contribution in [3.05, 3.63) is 82.2 Å². The number of halogens is 2. The molecule has 0 fully saturated rings. The normalized spacial score (nSPS) is 10.8. The Labute approximate surface area is 204 Å². The number of amides is 2. The summed E-state index contributed by atoms with van der Waals surface area (Å²) in [5, 5.41) is 14.7. The molecule has 10 nitrogen and oxygen atoms in total. The number of carbonyl (C=O) groups excluding carboxylic acids is 2. The Balaban J connectivity index is 1.41. The van der Waals surface area contributed by atoms with Crippen LogP contribution in [0.4, 0.5) is 5.69 Å². The first-order valence-electron chi connectivity index (χ1n) is 10.2. The van der Waals surface area contributed by atoms with Gasteiger partial charge in [0.1, 0.15) is 11.5 Å². The molecular formula is C22H20Cl2N6O4. The monoisotopic (exact) mass is 502 g/mol. The molecule has 0 saturated carbocycles. The molecule has 2 N–H and O–H groups in total. The molecule has 2 amide bonds. The molecule has 0 aliphatic carbocycles. The maximum absolute atomic E-state index is 12.8. The van der Waals surface area contributed by atoms with Crippen molar-refractivity contribution >= 4 is 40.7 Å². The van der Waals surface area contributed by atoms with Gasteiger partial charge in [-0.05, 0) is 43.3 Å². The van der Waals surface area contributed by atoms with Crippen molar-refractivity contribution in [3.63, 3.8) is 0 Å². The third kappa shape index (κ3) is 5.59. The molecule has 0 atom stereocenters. The Kier molecular flexibility index (Phi) is 7.19. The molecule has 34 heavy (non-hydrogen) atoms. The number of benzene rings is 1. The van der Waals surface area contributed by atoms with Crippen molar-refractivity contribution in [3.8, 4) is 5.75 Å². The molecule has 4 rings (SSSR count). The summed E-state index contributed by atoms with van der Waals surface area (Å²) < 4.78 is 13.8. The quantitative estimate of drug-likeness (QED) is 0.354. The Hall–Kier alpha value is -3.76. The molecule has 0 bridgehead atoms. The van der Waals surface area contributed by atoms with Crippen LogP contribution in [0.15, 0.2) is 59.5 Å². The third-order valence-corrected chi connectivity index (χ3v) is 5.20. The first-order valence-corrected chi connectivity index (χ1v) is 11.0. The Morgan fingerprint density at radius 1 is 1.12 bits per heavy atom. The molecule has 0 aliphatic rings. The van der Waals surface area contributed by atoms with Gasteiger partial charge in [0.2, 0.25) is 0 Å². The molecule has 12 heteroatoms. The van der Waals surface area contributed by atoms with Gasteiger partial charge in [0.15, 0.2) is 18.1 Å². The number of anilines is 1. The number of rotatable bonds is 9. The van der Waals surface area contributed by atoms with E-state index in [1.54, 1.807) is 47.4 Å². The molecular weight excluding hydrogens is 483 g/mol. The number of nitrogens with one attached hydrogen (secondary N) is 2. The van der Waals surface area contributed by atoms with E-state index in [1.165, 1.54) is 17.0 Å². The molecule has 0 aliphatic heterocycles. The molecule has 1 aromatic carbocycles. The van der Waals surface area contributed by atoms with Crippen LogP contribution in [0.2, 0.25) is 10.0 Å². The molecule has 3 heterocycles. The second-order valence-corrected chi connectivity index (χ2v) is 7.90. The zero-order valence-electron chi connectivity index (χ0n) is 18.0. The maximum Gasteiger partial charge on any atom is 0.276 e. The summed E-state index contributed by atoms with van der Waals surface area (Å²) in [5.41, 5.74) is 0.487. The predicted octanol–water partition coefficient (Wildman–Crippen LogP) is 4.22. The largest absolute Gasteiger partial charge is 0.470 e. The first-order chi connectivity index (χ1) is 16.4. The summed E-state index contributed by atoms with van der Waals surface area (Å²) in [5.74, 6) is 0.0861. The van der Waals surface area contributed by atoms with Gasteiger partial charge in [0, 0.05) is 24.0 Å². The minimum Gasteiger partial charge on any atom is -0.470 e. The van der Waals surface area contributed by atoms with E-state index in [2.05, 4.69) is 20.8 Å². The van der Waals surface area contributed by atoms with Crippen LogP contribution in [0, 0.1) is 0 Å². The van der Waals surface area contributed by atoms with Crippen molar-refractivity contribution in [2.45, 2.75) is 26.7 Å². The molecule has 0 saturated heterocycles. The zero-order valence-corrected chi connectivity index (χ0v) is 19.5. The molecule has 0 unspecified atom stereocenters. The fourth-order valence-corrected chi connectivity index (χ4v) is 3.44. The van der Waals surface area contributed by atoms with E-state index >= 15 is 0 Å².